The van der Waals surface area contributed by atoms with Gasteiger partial charge in [-0.1, -0.05) is 18.2 Å². The van der Waals surface area contributed by atoms with Crippen LogP contribution < -0.4 is 4.74 Å². The number of hydrogen-bond donors (Lipinski definition) is 0. The molecule has 0 aromatic heterocycles. The van der Waals surface area contributed by atoms with E-state index in [2.05, 4.69) is 0 Å². The van der Waals surface area contributed by atoms with Crippen molar-refractivity contribution in [1.82, 2.24) is 0 Å². The summed E-state index contributed by atoms with van der Waals surface area (Å²) in [7, 11) is 0. The van der Waals surface area contributed by atoms with Crippen LogP contribution in [0.1, 0.15) is 16.7 Å². The van der Waals surface area contributed by atoms with Crippen molar-refractivity contribution in [3.8, 4) is 5.75 Å². The summed E-state index contributed by atoms with van der Waals surface area (Å²) in [6, 6.07) is 9.07. The molecule has 0 bridgehead atoms. The summed E-state index contributed by atoms with van der Waals surface area (Å²) in [4.78, 5) is 0. The van der Waals surface area contributed by atoms with Crippen molar-refractivity contribution in [2.45, 2.75) is 19.4 Å². The van der Waals surface area contributed by atoms with Gasteiger partial charge in [-0.2, -0.15) is 0 Å². The van der Waals surface area contributed by atoms with E-state index in [1.165, 1.54) is 12.1 Å². The maximum absolute atomic E-state index is 13.5. The standard InChI is InChI=1S/C15H13ClF2O/c1-10-3-2-4-11(8-16)15(10)19-9-12-5-6-13(17)7-14(12)18/h2-7H,8-9H2,1H3. The highest BCUT2D eigenvalue weighted by atomic mass is 35.5. The fourth-order valence-corrected chi connectivity index (χ4v) is 2.02. The van der Waals surface area contributed by atoms with Gasteiger partial charge in [0.25, 0.3) is 0 Å². The first-order valence-corrected chi connectivity index (χ1v) is 6.36. The first kappa shape index (κ1) is 13.8. The third kappa shape index (κ3) is 3.24. The summed E-state index contributed by atoms with van der Waals surface area (Å²) in [5.41, 5.74) is 2.09. The maximum atomic E-state index is 13.5. The molecule has 0 aliphatic rings. The Balaban J connectivity index is 2.19. The van der Waals surface area contributed by atoms with Gasteiger partial charge in [-0.3, -0.25) is 0 Å². The molecule has 4 heteroatoms. The van der Waals surface area contributed by atoms with Crippen molar-refractivity contribution >= 4 is 11.6 Å². The van der Waals surface area contributed by atoms with E-state index in [0.717, 1.165) is 17.2 Å². The van der Waals surface area contributed by atoms with Crippen LogP contribution >= 0.6 is 11.6 Å². The van der Waals surface area contributed by atoms with Crippen molar-refractivity contribution < 1.29 is 13.5 Å². The molecular formula is C15H13ClF2O. The van der Waals surface area contributed by atoms with Crippen LogP contribution in [0.4, 0.5) is 8.78 Å². The highest BCUT2D eigenvalue weighted by Crippen LogP contribution is 2.26. The summed E-state index contributed by atoms with van der Waals surface area (Å²) >= 11 is 5.83. The van der Waals surface area contributed by atoms with E-state index in [1.54, 1.807) is 0 Å². The second-order valence-electron chi connectivity index (χ2n) is 4.22. The number of rotatable bonds is 4. The van der Waals surface area contributed by atoms with Gasteiger partial charge in [0.2, 0.25) is 0 Å². The minimum atomic E-state index is -0.610. The quantitative estimate of drug-likeness (QED) is 0.745. The summed E-state index contributed by atoms with van der Waals surface area (Å²) in [6.45, 7) is 1.94. The number of halogens is 3. The molecule has 0 fully saturated rings. The second kappa shape index (κ2) is 6.02. The van der Waals surface area contributed by atoms with Crippen molar-refractivity contribution in [3.63, 3.8) is 0 Å². The van der Waals surface area contributed by atoms with Crippen LogP contribution in [0.3, 0.4) is 0 Å². The van der Waals surface area contributed by atoms with Crippen LogP contribution in [0, 0.1) is 18.6 Å². The zero-order chi connectivity index (χ0) is 13.8. The van der Waals surface area contributed by atoms with Crippen LogP contribution in [-0.2, 0) is 12.5 Å². The molecule has 1 nitrogen and oxygen atoms in total. The molecule has 2 rings (SSSR count). The SMILES string of the molecule is Cc1cccc(CCl)c1OCc1ccc(F)cc1F. The number of benzene rings is 2. The van der Waals surface area contributed by atoms with Crippen LogP contribution in [-0.4, -0.2) is 0 Å². The van der Waals surface area contributed by atoms with E-state index in [9.17, 15) is 8.78 Å². The smallest absolute Gasteiger partial charge is 0.132 e. The molecule has 0 N–H and O–H groups in total. The fourth-order valence-electron chi connectivity index (χ4n) is 1.81. The highest BCUT2D eigenvalue weighted by Gasteiger charge is 2.09. The molecule has 0 amide bonds. The lowest BCUT2D eigenvalue weighted by Crippen LogP contribution is -2.02. The summed E-state index contributed by atoms with van der Waals surface area (Å²) in [5.74, 6) is -0.232. The van der Waals surface area contributed by atoms with Crippen molar-refractivity contribution in [2.75, 3.05) is 0 Å². The lowest BCUT2D eigenvalue weighted by molar-refractivity contribution is 0.295. The van der Waals surface area contributed by atoms with Crippen LogP contribution in [0.2, 0.25) is 0 Å². The van der Waals surface area contributed by atoms with E-state index < -0.39 is 11.6 Å². The Labute approximate surface area is 115 Å². The Kier molecular flexibility index (Phi) is 4.38. The first-order valence-electron chi connectivity index (χ1n) is 5.83. The molecule has 0 unspecified atom stereocenters. The molecule has 0 atom stereocenters. The monoisotopic (exact) mass is 282 g/mol. The zero-order valence-electron chi connectivity index (χ0n) is 10.4. The van der Waals surface area contributed by atoms with E-state index >= 15 is 0 Å². The average molecular weight is 283 g/mol. The number of ether oxygens (including phenoxy) is 1. The molecule has 2 aromatic rings. The van der Waals surface area contributed by atoms with Gasteiger partial charge in [0, 0.05) is 17.2 Å². The second-order valence-corrected chi connectivity index (χ2v) is 4.49. The van der Waals surface area contributed by atoms with E-state index in [-0.39, 0.29) is 6.61 Å². The molecule has 0 spiro atoms. The fraction of sp³-hybridized carbons (Fsp3) is 0.200. The Morgan fingerprint density at radius 3 is 2.58 bits per heavy atom. The minimum Gasteiger partial charge on any atom is -0.488 e. The Morgan fingerprint density at radius 1 is 1.11 bits per heavy atom. The maximum Gasteiger partial charge on any atom is 0.132 e. The largest absolute Gasteiger partial charge is 0.488 e. The molecule has 100 valence electrons. The Hall–Kier alpha value is -1.61. The molecule has 19 heavy (non-hydrogen) atoms. The molecular weight excluding hydrogens is 270 g/mol. The van der Waals surface area contributed by atoms with Crippen molar-refractivity contribution in [1.29, 1.82) is 0 Å². The third-order valence-corrected chi connectivity index (χ3v) is 3.11. The van der Waals surface area contributed by atoms with E-state index in [1.807, 2.05) is 25.1 Å². The van der Waals surface area contributed by atoms with Gasteiger partial charge in [0.15, 0.2) is 0 Å². The van der Waals surface area contributed by atoms with Gasteiger partial charge >= 0.3 is 0 Å². The molecule has 0 heterocycles. The van der Waals surface area contributed by atoms with E-state index in [4.69, 9.17) is 16.3 Å². The van der Waals surface area contributed by atoms with Crippen LogP contribution in [0.25, 0.3) is 0 Å². The molecule has 2 aromatic carbocycles. The topological polar surface area (TPSA) is 9.23 Å². The summed E-state index contributed by atoms with van der Waals surface area (Å²) in [5, 5.41) is 0. The van der Waals surface area contributed by atoms with Gasteiger partial charge in [0.1, 0.15) is 24.0 Å². The first-order chi connectivity index (χ1) is 9.11. The average Bonchev–Trinajstić information content (AvgIpc) is 2.39. The van der Waals surface area contributed by atoms with Gasteiger partial charge in [-0.15, -0.1) is 11.6 Å². The van der Waals surface area contributed by atoms with Gasteiger partial charge in [0.05, 0.1) is 5.88 Å². The Bertz CT molecular complexity index is 584. The predicted molar refractivity (Wildman–Crippen MR) is 71.4 cm³/mol. The summed E-state index contributed by atoms with van der Waals surface area (Å²) in [6.07, 6.45) is 0. The number of para-hydroxylation sites is 1. The molecule has 0 aliphatic heterocycles. The predicted octanol–water partition coefficient (Wildman–Crippen LogP) is 4.59. The molecule has 0 radical (unpaired) electrons. The molecule has 0 saturated heterocycles. The minimum absolute atomic E-state index is 0.0425. The lowest BCUT2D eigenvalue weighted by atomic mass is 10.1. The normalized spacial score (nSPS) is 10.5. The van der Waals surface area contributed by atoms with Crippen molar-refractivity contribution in [2.24, 2.45) is 0 Å². The van der Waals surface area contributed by atoms with Crippen molar-refractivity contribution in [3.05, 3.63) is 64.7 Å². The summed E-state index contributed by atoms with van der Waals surface area (Å²) < 4.78 is 31.9. The van der Waals surface area contributed by atoms with Gasteiger partial charge in [-0.25, -0.2) is 8.78 Å². The lowest BCUT2D eigenvalue weighted by Gasteiger charge is -2.13. The van der Waals surface area contributed by atoms with Gasteiger partial charge in [-0.05, 0) is 24.6 Å². The van der Waals surface area contributed by atoms with E-state index in [0.29, 0.717) is 17.2 Å². The molecule has 0 saturated carbocycles. The Morgan fingerprint density at radius 2 is 1.89 bits per heavy atom. The zero-order valence-corrected chi connectivity index (χ0v) is 11.2. The number of aryl methyl sites for hydroxylation is 1. The highest BCUT2D eigenvalue weighted by molar-refractivity contribution is 6.17. The van der Waals surface area contributed by atoms with Crippen LogP contribution in [0.15, 0.2) is 36.4 Å². The number of hydrogen-bond acceptors (Lipinski definition) is 1. The third-order valence-electron chi connectivity index (χ3n) is 2.82. The number of alkyl halides is 1. The molecule has 0 aliphatic carbocycles. The van der Waals surface area contributed by atoms with Crippen LogP contribution in [0.5, 0.6) is 5.75 Å². The van der Waals surface area contributed by atoms with Gasteiger partial charge < -0.3 is 4.74 Å².